The fraction of sp³-hybridized carbons (Fsp3) is 0.417. The maximum atomic E-state index is 12.5. The molecule has 2 aromatic carbocycles. The Bertz CT molecular complexity index is 1050. The van der Waals surface area contributed by atoms with Gasteiger partial charge in [0.1, 0.15) is 23.0 Å². The number of esters is 2. The fourth-order valence-corrected chi connectivity index (χ4v) is 5.42. The highest BCUT2D eigenvalue weighted by atomic mass is 16.6. The monoisotopic (exact) mass is 440 g/mol. The molecule has 5 rings (SSSR count). The van der Waals surface area contributed by atoms with Crippen LogP contribution in [-0.4, -0.2) is 40.4 Å². The molecule has 0 saturated carbocycles. The lowest BCUT2D eigenvalue weighted by atomic mass is 9.62. The number of benzene rings is 2. The van der Waals surface area contributed by atoms with Crippen LogP contribution in [-0.2, 0) is 30.3 Å². The van der Waals surface area contributed by atoms with Crippen LogP contribution in [0.4, 0.5) is 0 Å². The Morgan fingerprint density at radius 1 is 0.656 bits per heavy atom. The molecule has 3 aliphatic rings. The largest absolute Gasteiger partial charge is 0.497 e. The molecule has 0 unspecified atom stereocenters. The van der Waals surface area contributed by atoms with Crippen LogP contribution in [0.3, 0.4) is 0 Å². The van der Waals surface area contributed by atoms with E-state index >= 15 is 0 Å². The van der Waals surface area contributed by atoms with E-state index < -0.39 is 11.2 Å². The molecule has 0 bridgehead atoms. The van der Waals surface area contributed by atoms with Crippen LogP contribution in [0, 0.1) is 0 Å². The molecule has 168 valence electrons. The molecule has 0 radical (unpaired) electrons. The Morgan fingerprint density at radius 2 is 1.06 bits per heavy atom. The molecule has 1 aliphatic carbocycles. The van der Waals surface area contributed by atoms with Crippen molar-refractivity contribution in [2.75, 3.05) is 28.4 Å². The number of carbonyl (C=O) groups is 2. The van der Waals surface area contributed by atoms with E-state index in [1.807, 2.05) is 12.1 Å². The molecule has 8 nitrogen and oxygen atoms in total. The van der Waals surface area contributed by atoms with E-state index in [2.05, 4.69) is 0 Å². The number of methoxy groups -OCH3 is 4. The summed E-state index contributed by atoms with van der Waals surface area (Å²) in [6.45, 7) is 0. The summed E-state index contributed by atoms with van der Waals surface area (Å²) in [6.07, 6.45) is 1.10. The van der Waals surface area contributed by atoms with E-state index in [9.17, 15) is 9.59 Å². The van der Waals surface area contributed by atoms with Crippen LogP contribution >= 0.6 is 0 Å². The SMILES string of the molecule is COc1cc(OC)c2c(c1)[C@]1(CCC(=O)O1)[C@@]1(CCC(=O)O1)c1cc(OC)cc(OC)c1-2. The molecule has 2 fully saturated rings. The zero-order valence-corrected chi connectivity index (χ0v) is 18.4. The minimum atomic E-state index is -1.22. The average molecular weight is 440 g/mol. The van der Waals surface area contributed by atoms with Gasteiger partial charge in [0.25, 0.3) is 0 Å². The van der Waals surface area contributed by atoms with Gasteiger partial charge in [-0.05, 0) is 12.1 Å². The molecule has 2 aromatic rings. The number of carbonyl (C=O) groups excluding carboxylic acids is 2. The van der Waals surface area contributed by atoms with Crippen LogP contribution in [0.25, 0.3) is 11.1 Å². The molecule has 0 aromatic heterocycles. The van der Waals surface area contributed by atoms with Crippen LogP contribution < -0.4 is 18.9 Å². The molecule has 32 heavy (non-hydrogen) atoms. The predicted molar refractivity (Wildman–Crippen MR) is 112 cm³/mol. The second-order valence-corrected chi connectivity index (χ2v) is 8.11. The number of rotatable bonds is 4. The Hall–Kier alpha value is -3.42. The van der Waals surface area contributed by atoms with Crippen molar-refractivity contribution in [1.82, 2.24) is 0 Å². The van der Waals surface area contributed by atoms with Crippen molar-refractivity contribution >= 4 is 11.9 Å². The molecule has 2 spiro atoms. The average Bonchev–Trinajstić information content (AvgIpc) is 3.40. The number of hydrogen-bond donors (Lipinski definition) is 0. The summed E-state index contributed by atoms with van der Waals surface area (Å²) in [5, 5.41) is 0. The lowest BCUT2D eigenvalue weighted by Crippen LogP contribution is -2.52. The number of hydrogen-bond acceptors (Lipinski definition) is 8. The van der Waals surface area contributed by atoms with E-state index in [-0.39, 0.29) is 24.8 Å². The Balaban J connectivity index is 1.97. The zero-order valence-electron chi connectivity index (χ0n) is 18.4. The second kappa shape index (κ2) is 7.05. The third-order valence-corrected chi connectivity index (χ3v) is 6.77. The number of ether oxygens (including phenoxy) is 6. The minimum absolute atomic E-state index is 0.203. The predicted octanol–water partition coefficient (Wildman–Crippen LogP) is 3.47. The normalized spacial score (nSPS) is 25.2. The van der Waals surface area contributed by atoms with Crippen molar-refractivity contribution in [2.45, 2.75) is 36.9 Å². The highest BCUT2D eigenvalue weighted by Crippen LogP contribution is 2.66. The van der Waals surface area contributed by atoms with Crippen LogP contribution in [0.1, 0.15) is 36.8 Å². The van der Waals surface area contributed by atoms with Crippen molar-refractivity contribution < 1.29 is 38.0 Å². The molecular formula is C24H24O8. The molecule has 2 aliphatic heterocycles. The molecule has 2 heterocycles. The first kappa shape index (κ1) is 20.5. The van der Waals surface area contributed by atoms with E-state index in [1.54, 1.807) is 40.6 Å². The van der Waals surface area contributed by atoms with Crippen molar-refractivity contribution in [1.29, 1.82) is 0 Å². The van der Waals surface area contributed by atoms with Gasteiger partial charge in [0.2, 0.25) is 0 Å². The zero-order chi connectivity index (χ0) is 22.7. The van der Waals surface area contributed by atoms with Crippen molar-refractivity contribution in [3.63, 3.8) is 0 Å². The van der Waals surface area contributed by atoms with E-state index in [4.69, 9.17) is 28.4 Å². The summed E-state index contributed by atoms with van der Waals surface area (Å²) in [5.41, 5.74) is 0.322. The van der Waals surface area contributed by atoms with Gasteiger partial charge in [0, 0.05) is 60.1 Å². The molecule has 8 heteroatoms. The lowest BCUT2D eigenvalue weighted by molar-refractivity contribution is -0.198. The quantitative estimate of drug-likeness (QED) is 0.668. The third kappa shape index (κ3) is 2.49. The summed E-state index contributed by atoms with van der Waals surface area (Å²) < 4.78 is 34.8. The summed E-state index contributed by atoms with van der Waals surface area (Å²) in [6, 6.07) is 7.21. The molecular weight excluding hydrogens is 416 g/mol. The van der Waals surface area contributed by atoms with Crippen LogP contribution in [0.15, 0.2) is 24.3 Å². The van der Waals surface area contributed by atoms with Crippen LogP contribution in [0.5, 0.6) is 23.0 Å². The highest BCUT2D eigenvalue weighted by molar-refractivity contribution is 5.90. The standard InChI is InChI=1S/C24H24O8/c1-27-13-9-15-21(17(11-13)29-3)22-16(10-14(28-2)12-18(22)30-4)24(8-6-20(26)32-24)23(15)7-5-19(25)31-23/h9-12H,5-8H2,1-4H3/t23-,24-/m1/s1. The van der Waals surface area contributed by atoms with Gasteiger partial charge >= 0.3 is 11.9 Å². The first-order chi connectivity index (χ1) is 15.4. The maximum Gasteiger partial charge on any atom is 0.307 e. The summed E-state index contributed by atoms with van der Waals surface area (Å²) >= 11 is 0. The van der Waals surface area contributed by atoms with E-state index in [0.717, 1.165) is 0 Å². The van der Waals surface area contributed by atoms with Crippen molar-refractivity contribution in [2.24, 2.45) is 0 Å². The van der Waals surface area contributed by atoms with E-state index in [1.165, 1.54) is 0 Å². The molecule has 0 amide bonds. The molecule has 0 N–H and O–H groups in total. The van der Waals surface area contributed by atoms with Gasteiger partial charge in [-0.3, -0.25) is 9.59 Å². The topological polar surface area (TPSA) is 89.5 Å². The fourth-order valence-electron chi connectivity index (χ4n) is 5.42. The van der Waals surface area contributed by atoms with Gasteiger partial charge in [-0.1, -0.05) is 0 Å². The number of fused-ring (bicyclic) bond motifs is 6. The molecule has 2 atom stereocenters. The van der Waals surface area contributed by atoms with Gasteiger partial charge in [0.15, 0.2) is 11.2 Å². The Labute approximate surface area is 185 Å². The van der Waals surface area contributed by atoms with Gasteiger partial charge < -0.3 is 28.4 Å². The summed E-state index contributed by atoms with van der Waals surface area (Å²) in [4.78, 5) is 25.1. The van der Waals surface area contributed by atoms with Gasteiger partial charge in [0.05, 0.1) is 28.4 Å². The third-order valence-electron chi connectivity index (χ3n) is 6.77. The lowest BCUT2D eigenvalue weighted by Gasteiger charge is -2.48. The van der Waals surface area contributed by atoms with E-state index in [0.29, 0.717) is 58.1 Å². The van der Waals surface area contributed by atoms with Gasteiger partial charge in [-0.15, -0.1) is 0 Å². The Morgan fingerprint density at radius 3 is 1.34 bits per heavy atom. The second-order valence-electron chi connectivity index (χ2n) is 8.11. The van der Waals surface area contributed by atoms with Gasteiger partial charge in [-0.2, -0.15) is 0 Å². The smallest absolute Gasteiger partial charge is 0.307 e. The Kier molecular flexibility index (Phi) is 4.51. The van der Waals surface area contributed by atoms with Crippen LogP contribution in [0.2, 0.25) is 0 Å². The minimum Gasteiger partial charge on any atom is -0.497 e. The summed E-state index contributed by atoms with van der Waals surface area (Å²) in [7, 11) is 6.25. The maximum absolute atomic E-state index is 12.5. The first-order valence-electron chi connectivity index (χ1n) is 10.4. The van der Waals surface area contributed by atoms with Gasteiger partial charge in [-0.25, -0.2) is 0 Å². The molecule has 2 saturated heterocycles. The summed E-state index contributed by atoms with van der Waals surface area (Å²) in [5.74, 6) is 1.45. The van der Waals surface area contributed by atoms with Crippen molar-refractivity contribution in [3.05, 3.63) is 35.4 Å². The van der Waals surface area contributed by atoms with Crippen molar-refractivity contribution in [3.8, 4) is 34.1 Å². The highest BCUT2D eigenvalue weighted by Gasteiger charge is 2.68. The first-order valence-corrected chi connectivity index (χ1v) is 10.4.